The number of nitrogens with zero attached hydrogens (tertiary/aromatic N) is 1. The molecule has 4 heteroatoms. The Labute approximate surface area is 65.8 Å². The predicted molar refractivity (Wildman–Crippen MR) is 37.8 cm³/mol. The first-order chi connectivity index (χ1) is 4.74. The number of hydrogen-bond acceptors (Lipinski definition) is 2. The van der Waals surface area contributed by atoms with Crippen LogP contribution >= 0.6 is 15.9 Å². The van der Waals surface area contributed by atoms with Crippen LogP contribution < -0.4 is 0 Å². The van der Waals surface area contributed by atoms with Crippen LogP contribution in [0.15, 0.2) is 16.7 Å². The highest BCUT2D eigenvalue weighted by atomic mass is 79.9. The fourth-order valence-electron chi connectivity index (χ4n) is 0.559. The number of rotatable bonds is 1. The fourth-order valence-corrected chi connectivity index (χ4v) is 1.01. The number of aromatic nitrogens is 1. The summed E-state index contributed by atoms with van der Waals surface area (Å²) in [6.07, 6.45) is 1.07. The lowest BCUT2D eigenvalue weighted by atomic mass is 10.4. The van der Waals surface area contributed by atoms with Crippen LogP contribution in [0.5, 0.6) is 0 Å². The quantitative estimate of drug-likeness (QED) is 0.754. The molecule has 0 aliphatic heterocycles. The van der Waals surface area contributed by atoms with E-state index in [2.05, 4.69) is 20.9 Å². The minimum absolute atomic E-state index is 0.180. The molecule has 0 amide bonds. The Morgan fingerprint density at radius 3 is 2.90 bits per heavy atom. The van der Waals surface area contributed by atoms with E-state index >= 15 is 0 Å². The van der Waals surface area contributed by atoms with E-state index in [4.69, 9.17) is 5.11 Å². The zero-order valence-electron chi connectivity index (χ0n) is 5.01. The predicted octanol–water partition coefficient (Wildman–Crippen LogP) is 1.48. The molecule has 0 aliphatic rings. The Bertz CT molecular complexity index is 241. The van der Waals surface area contributed by atoms with Gasteiger partial charge in [-0.05, 0) is 22.0 Å². The van der Waals surface area contributed by atoms with Crippen molar-refractivity contribution in [2.75, 3.05) is 0 Å². The molecule has 0 saturated heterocycles. The molecule has 0 unspecified atom stereocenters. The van der Waals surface area contributed by atoms with Gasteiger partial charge in [0.1, 0.15) is 5.82 Å². The first-order valence-corrected chi connectivity index (χ1v) is 3.44. The second kappa shape index (κ2) is 3.07. The SMILES string of the molecule is OCc1ncc(F)cc1Br. The third-order valence-electron chi connectivity index (χ3n) is 1.03. The van der Waals surface area contributed by atoms with Crippen LogP contribution in [0.4, 0.5) is 4.39 Å². The van der Waals surface area contributed by atoms with Crippen molar-refractivity contribution in [3.8, 4) is 0 Å². The van der Waals surface area contributed by atoms with Gasteiger partial charge in [0.05, 0.1) is 18.5 Å². The molecular weight excluding hydrogens is 201 g/mol. The van der Waals surface area contributed by atoms with Gasteiger partial charge in [0.25, 0.3) is 0 Å². The van der Waals surface area contributed by atoms with Crippen molar-refractivity contribution in [3.63, 3.8) is 0 Å². The molecule has 0 atom stereocenters. The van der Waals surface area contributed by atoms with Crippen LogP contribution in [0, 0.1) is 5.82 Å². The number of aliphatic hydroxyl groups excluding tert-OH is 1. The number of aliphatic hydroxyl groups is 1. The molecule has 0 radical (unpaired) electrons. The number of hydrogen-bond donors (Lipinski definition) is 1. The average molecular weight is 206 g/mol. The van der Waals surface area contributed by atoms with Gasteiger partial charge in [-0.3, -0.25) is 4.98 Å². The van der Waals surface area contributed by atoms with E-state index in [1.165, 1.54) is 6.07 Å². The Morgan fingerprint density at radius 2 is 2.40 bits per heavy atom. The first kappa shape index (κ1) is 7.63. The summed E-state index contributed by atoms with van der Waals surface area (Å²) < 4.78 is 12.8. The summed E-state index contributed by atoms with van der Waals surface area (Å²) in [5.74, 6) is -0.413. The topological polar surface area (TPSA) is 33.1 Å². The summed E-state index contributed by atoms with van der Waals surface area (Å²) in [5.41, 5.74) is 0.446. The van der Waals surface area contributed by atoms with Gasteiger partial charge in [-0.15, -0.1) is 0 Å². The summed E-state index contributed by atoms with van der Waals surface area (Å²) in [5, 5.41) is 8.59. The van der Waals surface area contributed by atoms with Gasteiger partial charge >= 0.3 is 0 Å². The summed E-state index contributed by atoms with van der Waals surface area (Å²) in [4.78, 5) is 3.62. The first-order valence-electron chi connectivity index (χ1n) is 2.65. The summed E-state index contributed by atoms with van der Waals surface area (Å²) >= 11 is 3.04. The standard InChI is InChI=1S/C6H5BrFNO/c7-5-1-4(8)2-9-6(5)3-10/h1-2,10H,3H2. The fraction of sp³-hybridized carbons (Fsp3) is 0.167. The van der Waals surface area contributed by atoms with E-state index in [9.17, 15) is 4.39 Å². The number of pyridine rings is 1. The monoisotopic (exact) mass is 205 g/mol. The third kappa shape index (κ3) is 1.52. The van der Waals surface area contributed by atoms with Crippen LogP contribution in [0.3, 0.4) is 0 Å². The highest BCUT2D eigenvalue weighted by Crippen LogP contribution is 2.14. The van der Waals surface area contributed by atoms with E-state index in [0.717, 1.165) is 6.20 Å². The summed E-state index contributed by atoms with van der Waals surface area (Å²) in [7, 11) is 0. The van der Waals surface area contributed by atoms with Gasteiger partial charge in [0, 0.05) is 4.47 Å². The normalized spacial score (nSPS) is 9.90. The molecule has 2 nitrogen and oxygen atoms in total. The molecule has 1 heterocycles. The number of halogens is 2. The largest absolute Gasteiger partial charge is 0.390 e. The van der Waals surface area contributed by atoms with Crippen LogP contribution in [-0.2, 0) is 6.61 Å². The van der Waals surface area contributed by atoms with Crippen molar-refractivity contribution in [2.45, 2.75) is 6.61 Å². The van der Waals surface area contributed by atoms with Gasteiger partial charge in [-0.25, -0.2) is 4.39 Å². The van der Waals surface area contributed by atoms with Gasteiger partial charge in [-0.1, -0.05) is 0 Å². The summed E-state index contributed by atoms with van der Waals surface area (Å²) in [6.45, 7) is -0.180. The lowest BCUT2D eigenvalue weighted by Gasteiger charge is -1.96. The Hall–Kier alpha value is -0.480. The maximum atomic E-state index is 12.3. The zero-order chi connectivity index (χ0) is 7.56. The molecule has 1 aromatic heterocycles. The molecule has 1 rings (SSSR count). The maximum absolute atomic E-state index is 12.3. The molecule has 0 aromatic carbocycles. The highest BCUT2D eigenvalue weighted by Gasteiger charge is 1.99. The molecule has 54 valence electrons. The van der Waals surface area contributed by atoms with Crippen LogP contribution in [-0.4, -0.2) is 10.1 Å². The molecule has 0 spiro atoms. The third-order valence-corrected chi connectivity index (χ3v) is 1.72. The van der Waals surface area contributed by atoms with E-state index in [1.807, 2.05) is 0 Å². The second-order valence-corrected chi connectivity index (χ2v) is 2.59. The van der Waals surface area contributed by atoms with E-state index in [-0.39, 0.29) is 6.61 Å². The van der Waals surface area contributed by atoms with Crippen molar-refractivity contribution in [1.29, 1.82) is 0 Å². The molecule has 0 aliphatic carbocycles. The zero-order valence-corrected chi connectivity index (χ0v) is 6.60. The molecule has 0 bridgehead atoms. The summed E-state index contributed by atoms with van der Waals surface area (Å²) in [6, 6.07) is 1.26. The Kier molecular flexibility index (Phi) is 2.34. The van der Waals surface area contributed by atoms with Crippen molar-refractivity contribution in [3.05, 3.63) is 28.2 Å². The van der Waals surface area contributed by atoms with Crippen molar-refractivity contribution < 1.29 is 9.50 Å². The molecule has 10 heavy (non-hydrogen) atoms. The highest BCUT2D eigenvalue weighted by molar-refractivity contribution is 9.10. The maximum Gasteiger partial charge on any atom is 0.142 e. The minimum atomic E-state index is -0.413. The Morgan fingerprint density at radius 1 is 1.70 bits per heavy atom. The lowest BCUT2D eigenvalue weighted by Crippen LogP contribution is -1.90. The molecule has 1 aromatic rings. The van der Waals surface area contributed by atoms with E-state index in [0.29, 0.717) is 10.2 Å². The smallest absolute Gasteiger partial charge is 0.142 e. The van der Waals surface area contributed by atoms with Gasteiger partial charge < -0.3 is 5.11 Å². The molecular formula is C6H5BrFNO. The average Bonchev–Trinajstić information content (AvgIpc) is 1.88. The second-order valence-electron chi connectivity index (χ2n) is 1.74. The van der Waals surface area contributed by atoms with Gasteiger partial charge in [-0.2, -0.15) is 0 Å². The van der Waals surface area contributed by atoms with Crippen molar-refractivity contribution in [1.82, 2.24) is 4.98 Å². The van der Waals surface area contributed by atoms with Crippen LogP contribution in [0.25, 0.3) is 0 Å². The van der Waals surface area contributed by atoms with Crippen molar-refractivity contribution in [2.24, 2.45) is 0 Å². The minimum Gasteiger partial charge on any atom is -0.390 e. The lowest BCUT2D eigenvalue weighted by molar-refractivity contribution is 0.275. The van der Waals surface area contributed by atoms with Gasteiger partial charge in [0.15, 0.2) is 0 Å². The molecule has 1 N–H and O–H groups in total. The molecule has 0 saturated carbocycles. The van der Waals surface area contributed by atoms with Crippen LogP contribution in [0.1, 0.15) is 5.69 Å². The van der Waals surface area contributed by atoms with E-state index in [1.54, 1.807) is 0 Å². The Balaban J connectivity index is 3.07. The van der Waals surface area contributed by atoms with Crippen LogP contribution in [0.2, 0.25) is 0 Å². The van der Waals surface area contributed by atoms with Gasteiger partial charge in [0.2, 0.25) is 0 Å². The molecule has 0 fully saturated rings. The van der Waals surface area contributed by atoms with Crippen molar-refractivity contribution >= 4 is 15.9 Å². The van der Waals surface area contributed by atoms with E-state index < -0.39 is 5.82 Å².